The third-order valence-corrected chi connectivity index (χ3v) is 4.17. The molecule has 2 atom stereocenters. The second kappa shape index (κ2) is 9.61. The summed E-state index contributed by atoms with van der Waals surface area (Å²) in [6.07, 6.45) is 0.798. The summed E-state index contributed by atoms with van der Waals surface area (Å²) >= 11 is 2.94. The summed E-state index contributed by atoms with van der Waals surface area (Å²) < 4.78 is 0. The third-order valence-electron chi connectivity index (χ3n) is 1.90. The van der Waals surface area contributed by atoms with Gasteiger partial charge in [0.05, 0.1) is 11.1 Å². The van der Waals surface area contributed by atoms with Crippen LogP contribution in [0.25, 0.3) is 0 Å². The Kier molecular flexibility index (Phi) is 9.39. The van der Waals surface area contributed by atoms with Gasteiger partial charge in [0.15, 0.2) is 0 Å². The zero-order valence-electron chi connectivity index (χ0n) is 10.0. The highest BCUT2D eigenvalue weighted by Crippen LogP contribution is 2.22. The molecular formula is C10H19NO4S2. The van der Waals surface area contributed by atoms with E-state index >= 15 is 0 Å². The molecule has 0 bridgehead atoms. The quantitative estimate of drug-likeness (QED) is 0.633. The van der Waals surface area contributed by atoms with Crippen molar-refractivity contribution >= 4 is 35.5 Å². The summed E-state index contributed by atoms with van der Waals surface area (Å²) in [5, 5.41) is 20.2. The van der Waals surface area contributed by atoms with Crippen LogP contribution in [0.4, 0.5) is 0 Å². The highest BCUT2D eigenvalue weighted by molar-refractivity contribution is 8.00. The number of aliphatic carboxylic acids is 2. The maximum absolute atomic E-state index is 10.6. The van der Waals surface area contributed by atoms with Crippen LogP contribution in [-0.2, 0) is 9.59 Å². The molecule has 0 aromatic carbocycles. The van der Waals surface area contributed by atoms with E-state index in [1.807, 2.05) is 13.8 Å². The zero-order valence-corrected chi connectivity index (χ0v) is 11.6. The van der Waals surface area contributed by atoms with E-state index in [4.69, 9.17) is 10.2 Å². The molecule has 1 aliphatic rings. The molecule has 1 saturated heterocycles. The number of carbonyl (C=O) groups is 2. The van der Waals surface area contributed by atoms with Crippen molar-refractivity contribution in [2.45, 2.75) is 31.7 Å². The number of hydrogen-bond donors (Lipinski definition) is 3. The number of rotatable bonds is 6. The van der Waals surface area contributed by atoms with Gasteiger partial charge in [0, 0.05) is 5.75 Å². The van der Waals surface area contributed by atoms with E-state index in [0.29, 0.717) is 5.75 Å². The smallest absolute Gasteiger partial charge is 0.321 e. The molecule has 3 N–H and O–H groups in total. The first-order chi connectivity index (χ1) is 8.09. The fourth-order valence-corrected chi connectivity index (χ4v) is 3.27. The monoisotopic (exact) mass is 281 g/mol. The van der Waals surface area contributed by atoms with Crippen molar-refractivity contribution in [1.82, 2.24) is 5.32 Å². The topological polar surface area (TPSA) is 86.6 Å². The standard InChI is InChI=1S/C8H13NO4S2.C2H6/c10-7(11)4-14-2-1-6-9-5(3-15-6)8(12)13;1-2/h5-6,9H,1-4H2,(H,10,11)(H,12,13);1-2H3. The van der Waals surface area contributed by atoms with E-state index < -0.39 is 18.0 Å². The first-order valence-electron chi connectivity index (χ1n) is 5.49. The minimum absolute atomic E-state index is 0.111. The number of nitrogens with one attached hydrogen (secondary N) is 1. The predicted octanol–water partition coefficient (Wildman–Crippen LogP) is 1.34. The van der Waals surface area contributed by atoms with Gasteiger partial charge in [-0.05, 0) is 12.2 Å². The lowest BCUT2D eigenvalue weighted by atomic mass is 10.3. The van der Waals surface area contributed by atoms with Crippen LogP contribution in [-0.4, -0.2) is 50.8 Å². The Bertz CT molecular complexity index is 250. The summed E-state index contributed by atoms with van der Waals surface area (Å²) in [6, 6.07) is -0.454. The summed E-state index contributed by atoms with van der Waals surface area (Å²) in [4.78, 5) is 20.8. The van der Waals surface area contributed by atoms with Gasteiger partial charge >= 0.3 is 11.9 Å². The maximum atomic E-state index is 10.6. The van der Waals surface area contributed by atoms with E-state index in [1.165, 1.54) is 11.8 Å². The van der Waals surface area contributed by atoms with Crippen molar-refractivity contribution in [3.05, 3.63) is 0 Å². The fraction of sp³-hybridized carbons (Fsp3) is 0.800. The van der Waals surface area contributed by atoms with Gasteiger partial charge in [-0.3, -0.25) is 14.9 Å². The van der Waals surface area contributed by atoms with Crippen LogP contribution in [0.2, 0.25) is 0 Å². The average molecular weight is 281 g/mol. The SMILES string of the molecule is CC.O=C(O)CSCCC1NC(C(=O)O)CS1. The number of carboxylic acid groups (broad SMARTS) is 2. The normalized spacial score (nSPS) is 22.7. The predicted molar refractivity (Wildman–Crippen MR) is 71.7 cm³/mol. The van der Waals surface area contributed by atoms with Crippen LogP contribution < -0.4 is 5.32 Å². The van der Waals surface area contributed by atoms with E-state index in [9.17, 15) is 9.59 Å². The molecule has 100 valence electrons. The molecule has 0 amide bonds. The second-order valence-corrected chi connectivity index (χ2v) is 5.46. The molecule has 0 aliphatic carbocycles. The first-order valence-corrected chi connectivity index (χ1v) is 7.70. The van der Waals surface area contributed by atoms with E-state index in [1.54, 1.807) is 11.8 Å². The van der Waals surface area contributed by atoms with Gasteiger partial charge < -0.3 is 10.2 Å². The van der Waals surface area contributed by atoms with E-state index in [2.05, 4.69) is 5.32 Å². The lowest BCUT2D eigenvalue weighted by Gasteiger charge is -2.09. The summed E-state index contributed by atoms with van der Waals surface area (Å²) in [5.41, 5.74) is 0. The third kappa shape index (κ3) is 7.51. The second-order valence-electron chi connectivity index (χ2n) is 3.11. The Morgan fingerprint density at radius 1 is 1.41 bits per heavy atom. The van der Waals surface area contributed by atoms with Gasteiger partial charge in [-0.15, -0.1) is 11.8 Å². The summed E-state index contributed by atoms with van der Waals surface area (Å²) in [7, 11) is 0. The van der Waals surface area contributed by atoms with Gasteiger partial charge in [0.1, 0.15) is 6.04 Å². The van der Waals surface area contributed by atoms with Gasteiger partial charge in [0.2, 0.25) is 0 Å². The van der Waals surface area contributed by atoms with Crippen LogP contribution in [0.5, 0.6) is 0 Å². The lowest BCUT2D eigenvalue weighted by Crippen LogP contribution is -2.36. The van der Waals surface area contributed by atoms with Crippen LogP contribution in [0, 0.1) is 0 Å². The Morgan fingerprint density at radius 2 is 2.06 bits per heavy atom. The maximum Gasteiger partial charge on any atom is 0.321 e. The summed E-state index contributed by atoms with van der Waals surface area (Å²) in [5.74, 6) is -0.189. The molecule has 1 rings (SSSR count). The minimum Gasteiger partial charge on any atom is -0.481 e. The van der Waals surface area contributed by atoms with Crippen LogP contribution in [0.1, 0.15) is 20.3 Å². The molecule has 7 heteroatoms. The van der Waals surface area contributed by atoms with Gasteiger partial charge in [-0.1, -0.05) is 13.8 Å². The number of thioether (sulfide) groups is 2. The Balaban J connectivity index is 0.00000121. The fourth-order valence-electron chi connectivity index (χ4n) is 1.19. The van der Waals surface area contributed by atoms with Gasteiger partial charge in [0.25, 0.3) is 0 Å². The molecular weight excluding hydrogens is 262 g/mol. The van der Waals surface area contributed by atoms with Crippen molar-refractivity contribution in [3.63, 3.8) is 0 Å². The number of carboxylic acids is 2. The molecule has 2 unspecified atom stereocenters. The van der Waals surface area contributed by atoms with Crippen molar-refractivity contribution in [3.8, 4) is 0 Å². The minimum atomic E-state index is -0.816. The molecule has 1 heterocycles. The molecule has 1 fully saturated rings. The van der Waals surface area contributed by atoms with Crippen molar-refractivity contribution < 1.29 is 19.8 Å². The molecule has 5 nitrogen and oxygen atoms in total. The van der Waals surface area contributed by atoms with E-state index in [0.717, 1.165) is 12.2 Å². The molecule has 1 aliphatic heterocycles. The number of hydrogen-bond acceptors (Lipinski definition) is 5. The lowest BCUT2D eigenvalue weighted by molar-refractivity contribution is -0.138. The Morgan fingerprint density at radius 3 is 2.53 bits per heavy atom. The Labute approximate surface area is 110 Å². The Hall–Kier alpha value is -0.400. The van der Waals surface area contributed by atoms with Crippen LogP contribution in [0.3, 0.4) is 0 Å². The molecule has 0 radical (unpaired) electrons. The highest BCUT2D eigenvalue weighted by atomic mass is 32.2. The van der Waals surface area contributed by atoms with Crippen molar-refractivity contribution in [1.29, 1.82) is 0 Å². The zero-order chi connectivity index (χ0) is 13.3. The van der Waals surface area contributed by atoms with Crippen molar-refractivity contribution in [2.75, 3.05) is 17.3 Å². The van der Waals surface area contributed by atoms with Gasteiger partial charge in [-0.25, -0.2) is 0 Å². The molecule has 0 saturated carbocycles. The van der Waals surface area contributed by atoms with Gasteiger partial charge in [-0.2, -0.15) is 11.8 Å². The van der Waals surface area contributed by atoms with Crippen LogP contribution in [0.15, 0.2) is 0 Å². The first kappa shape index (κ1) is 16.6. The molecule has 0 spiro atoms. The molecule has 17 heavy (non-hydrogen) atoms. The van der Waals surface area contributed by atoms with E-state index in [-0.39, 0.29) is 11.1 Å². The average Bonchev–Trinajstić information content (AvgIpc) is 2.76. The summed E-state index contributed by atoms with van der Waals surface area (Å²) in [6.45, 7) is 4.00. The van der Waals surface area contributed by atoms with Crippen LogP contribution >= 0.6 is 23.5 Å². The van der Waals surface area contributed by atoms with Crippen molar-refractivity contribution in [2.24, 2.45) is 0 Å². The largest absolute Gasteiger partial charge is 0.481 e. The highest BCUT2D eigenvalue weighted by Gasteiger charge is 2.28. The molecule has 0 aromatic rings. The molecule has 0 aromatic heterocycles.